The fraction of sp³-hybridized carbons (Fsp3) is 0.600. The first-order valence-electron chi connectivity index (χ1n) is 5.34. The Morgan fingerprint density at radius 1 is 1.59 bits per heavy atom. The summed E-state index contributed by atoms with van der Waals surface area (Å²) in [7, 11) is 1.62. The summed E-state index contributed by atoms with van der Waals surface area (Å²) in [6.45, 7) is 5.00. The van der Waals surface area contributed by atoms with Crippen LogP contribution in [-0.2, 0) is 4.74 Å². The second kappa shape index (κ2) is 6.41. The molecule has 0 unspecified atom stereocenters. The number of nitrogen functional groups attached to an aromatic ring is 1. The largest absolute Gasteiger partial charge is 0.383 e. The molecule has 0 atom stereocenters. The van der Waals surface area contributed by atoms with Crippen molar-refractivity contribution in [2.45, 2.75) is 19.9 Å². The highest BCUT2D eigenvalue weighted by Crippen LogP contribution is 2.24. The lowest BCUT2D eigenvalue weighted by Crippen LogP contribution is -2.29. The third kappa shape index (κ3) is 4.20. The first-order chi connectivity index (χ1) is 8.04. The van der Waals surface area contributed by atoms with E-state index in [0.29, 0.717) is 23.2 Å². The van der Waals surface area contributed by atoms with Gasteiger partial charge in [0.05, 0.1) is 6.61 Å². The van der Waals surface area contributed by atoms with E-state index >= 15 is 0 Å². The minimum atomic E-state index is -0.185. The highest BCUT2D eigenvalue weighted by atomic mass is 32.1. The van der Waals surface area contributed by atoms with E-state index in [9.17, 15) is 4.79 Å². The van der Waals surface area contributed by atoms with Crippen LogP contribution in [0.15, 0.2) is 0 Å². The quantitative estimate of drug-likeness (QED) is 0.660. The van der Waals surface area contributed by atoms with Crippen LogP contribution in [0.2, 0.25) is 0 Å². The molecule has 0 saturated heterocycles. The highest BCUT2D eigenvalue weighted by Gasteiger charge is 2.16. The van der Waals surface area contributed by atoms with Crippen LogP contribution in [0.25, 0.3) is 0 Å². The summed E-state index contributed by atoms with van der Waals surface area (Å²) in [6, 6.07) is 0.0777. The molecule has 1 amide bonds. The van der Waals surface area contributed by atoms with E-state index in [1.807, 2.05) is 13.8 Å². The first kappa shape index (κ1) is 13.7. The topological polar surface area (TPSA) is 89.3 Å². The number of aromatic nitrogens is 1. The maximum absolute atomic E-state index is 11.7. The zero-order chi connectivity index (χ0) is 12.8. The number of anilines is 2. The molecule has 17 heavy (non-hydrogen) atoms. The molecule has 0 saturated carbocycles. The van der Waals surface area contributed by atoms with Crippen molar-refractivity contribution in [3.8, 4) is 0 Å². The summed E-state index contributed by atoms with van der Waals surface area (Å²) in [4.78, 5) is 16.3. The molecule has 0 aliphatic rings. The Hall–Kier alpha value is -1.34. The first-order valence-corrected chi connectivity index (χ1v) is 6.16. The number of carbonyl (C=O) groups excluding carboxylic acids is 1. The summed E-state index contributed by atoms with van der Waals surface area (Å²) in [6.07, 6.45) is 0. The van der Waals surface area contributed by atoms with E-state index in [1.54, 1.807) is 7.11 Å². The number of ether oxygens (including phenoxy) is 1. The number of nitrogens with two attached hydrogens (primary N) is 1. The molecule has 7 heteroatoms. The van der Waals surface area contributed by atoms with E-state index in [4.69, 9.17) is 10.5 Å². The van der Waals surface area contributed by atoms with Gasteiger partial charge in [-0.05, 0) is 13.8 Å². The van der Waals surface area contributed by atoms with Crippen molar-refractivity contribution in [3.63, 3.8) is 0 Å². The fourth-order valence-corrected chi connectivity index (χ4v) is 1.97. The molecular formula is C10H18N4O2S. The van der Waals surface area contributed by atoms with Crippen LogP contribution < -0.4 is 16.4 Å². The van der Waals surface area contributed by atoms with Gasteiger partial charge in [0.2, 0.25) is 0 Å². The average molecular weight is 258 g/mol. The Labute approximate surface area is 105 Å². The van der Waals surface area contributed by atoms with Crippen LogP contribution in [0.4, 0.5) is 10.9 Å². The number of hydrogen-bond acceptors (Lipinski definition) is 6. The molecule has 4 N–H and O–H groups in total. The maximum atomic E-state index is 11.7. The molecule has 1 aromatic heterocycles. The Morgan fingerprint density at radius 3 is 2.88 bits per heavy atom. The van der Waals surface area contributed by atoms with Crippen molar-refractivity contribution < 1.29 is 9.53 Å². The van der Waals surface area contributed by atoms with Gasteiger partial charge < -0.3 is 21.1 Å². The number of amides is 1. The SMILES string of the molecule is COCCNc1nc(N)c(C(=O)NC(C)C)s1. The van der Waals surface area contributed by atoms with Crippen molar-refractivity contribution >= 4 is 28.2 Å². The molecule has 0 radical (unpaired) electrons. The number of thiazole rings is 1. The summed E-state index contributed by atoms with van der Waals surface area (Å²) >= 11 is 1.25. The second-order valence-corrected chi connectivity index (χ2v) is 4.78. The van der Waals surface area contributed by atoms with E-state index < -0.39 is 0 Å². The molecule has 0 aliphatic heterocycles. The lowest BCUT2D eigenvalue weighted by atomic mass is 10.3. The summed E-state index contributed by atoms with van der Waals surface area (Å²) < 4.78 is 4.90. The van der Waals surface area contributed by atoms with Gasteiger partial charge in [0.15, 0.2) is 5.13 Å². The summed E-state index contributed by atoms with van der Waals surface area (Å²) in [5, 5.41) is 6.45. The molecule has 0 aromatic carbocycles. The van der Waals surface area contributed by atoms with Gasteiger partial charge in [0.1, 0.15) is 10.7 Å². The van der Waals surface area contributed by atoms with Gasteiger partial charge in [-0.2, -0.15) is 0 Å². The maximum Gasteiger partial charge on any atom is 0.265 e. The Bertz CT molecular complexity index is 378. The predicted octanol–water partition coefficient (Wildman–Crippen LogP) is 0.922. The van der Waals surface area contributed by atoms with Crippen LogP contribution in [0, 0.1) is 0 Å². The Kier molecular flexibility index (Phi) is 5.17. The van der Waals surface area contributed by atoms with Crippen molar-refractivity contribution in [1.82, 2.24) is 10.3 Å². The monoisotopic (exact) mass is 258 g/mol. The zero-order valence-electron chi connectivity index (χ0n) is 10.2. The van der Waals surface area contributed by atoms with Crippen molar-refractivity contribution in [3.05, 3.63) is 4.88 Å². The molecule has 0 aliphatic carbocycles. The second-order valence-electron chi connectivity index (χ2n) is 3.78. The molecule has 1 heterocycles. The van der Waals surface area contributed by atoms with Crippen LogP contribution in [0.3, 0.4) is 0 Å². The minimum Gasteiger partial charge on any atom is -0.383 e. The van der Waals surface area contributed by atoms with Crippen LogP contribution in [0.5, 0.6) is 0 Å². The number of methoxy groups -OCH3 is 1. The third-order valence-electron chi connectivity index (χ3n) is 1.86. The van der Waals surface area contributed by atoms with E-state index in [0.717, 1.165) is 0 Å². The van der Waals surface area contributed by atoms with E-state index in [-0.39, 0.29) is 17.8 Å². The molecule has 0 spiro atoms. The molecular weight excluding hydrogens is 240 g/mol. The molecule has 0 fully saturated rings. The zero-order valence-corrected chi connectivity index (χ0v) is 11.1. The number of nitrogens with one attached hydrogen (secondary N) is 2. The lowest BCUT2D eigenvalue weighted by Gasteiger charge is -2.06. The van der Waals surface area contributed by atoms with Gasteiger partial charge in [-0.1, -0.05) is 11.3 Å². The van der Waals surface area contributed by atoms with Crippen molar-refractivity contribution in [2.75, 3.05) is 31.3 Å². The van der Waals surface area contributed by atoms with Gasteiger partial charge in [0.25, 0.3) is 5.91 Å². The van der Waals surface area contributed by atoms with E-state index in [1.165, 1.54) is 11.3 Å². The molecule has 96 valence electrons. The van der Waals surface area contributed by atoms with E-state index in [2.05, 4.69) is 15.6 Å². The van der Waals surface area contributed by atoms with Gasteiger partial charge in [-0.15, -0.1) is 0 Å². The minimum absolute atomic E-state index is 0.0777. The van der Waals surface area contributed by atoms with Crippen LogP contribution >= 0.6 is 11.3 Å². The molecule has 6 nitrogen and oxygen atoms in total. The average Bonchev–Trinajstić information content (AvgIpc) is 2.59. The third-order valence-corrected chi connectivity index (χ3v) is 2.89. The highest BCUT2D eigenvalue weighted by molar-refractivity contribution is 7.18. The van der Waals surface area contributed by atoms with Gasteiger partial charge in [-0.3, -0.25) is 4.79 Å². The molecule has 1 aromatic rings. The number of hydrogen-bond donors (Lipinski definition) is 3. The Morgan fingerprint density at radius 2 is 2.29 bits per heavy atom. The summed E-state index contributed by atoms with van der Waals surface area (Å²) in [5.41, 5.74) is 5.69. The number of rotatable bonds is 6. The Balaban J connectivity index is 2.64. The van der Waals surface area contributed by atoms with Crippen molar-refractivity contribution in [1.29, 1.82) is 0 Å². The summed E-state index contributed by atoms with van der Waals surface area (Å²) in [5.74, 6) is 0.0721. The van der Waals surface area contributed by atoms with Gasteiger partial charge in [-0.25, -0.2) is 4.98 Å². The standard InChI is InChI=1S/C10H18N4O2S/c1-6(2)13-9(15)7-8(11)14-10(17-7)12-4-5-16-3/h6H,4-5,11H2,1-3H3,(H,12,14)(H,13,15). The van der Waals surface area contributed by atoms with Crippen LogP contribution in [-0.4, -0.2) is 37.2 Å². The number of nitrogens with zero attached hydrogens (tertiary/aromatic N) is 1. The fourth-order valence-electron chi connectivity index (χ4n) is 1.16. The predicted molar refractivity (Wildman–Crippen MR) is 69.5 cm³/mol. The molecule has 0 bridgehead atoms. The van der Waals surface area contributed by atoms with Crippen molar-refractivity contribution in [2.24, 2.45) is 0 Å². The van der Waals surface area contributed by atoms with Gasteiger partial charge in [0, 0.05) is 19.7 Å². The smallest absolute Gasteiger partial charge is 0.265 e. The molecule has 1 rings (SSSR count). The van der Waals surface area contributed by atoms with Crippen LogP contribution in [0.1, 0.15) is 23.5 Å². The van der Waals surface area contributed by atoms with Gasteiger partial charge >= 0.3 is 0 Å². The lowest BCUT2D eigenvalue weighted by molar-refractivity contribution is 0.0948. The number of carbonyl (C=O) groups is 1. The normalized spacial score (nSPS) is 10.6.